The van der Waals surface area contributed by atoms with Gasteiger partial charge in [0.05, 0.1) is 6.04 Å². The fraction of sp³-hybridized carbons (Fsp3) is 1.00. The zero-order chi connectivity index (χ0) is 11.5. The van der Waals surface area contributed by atoms with Crippen LogP contribution < -0.4 is 4.90 Å². The van der Waals surface area contributed by atoms with Crippen LogP contribution >= 0.6 is 0 Å². The van der Waals surface area contributed by atoms with Crippen LogP contribution in [0.4, 0.5) is 0 Å². The Morgan fingerprint density at radius 2 is 1.56 bits per heavy atom. The summed E-state index contributed by atoms with van der Waals surface area (Å²) in [5, 5.41) is 0. The molecule has 0 aromatic rings. The third-order valence-corrected chi connectivity index (χ3v) is 4.57. The van der Waals surface area contributed by atoms with Crippen molar-refractivity contribution in [2.45, 2.75) is 71.1 Å². The molecule has 3 atom stereocenters. The van der Waals surface area contributed by atoms with E-state index in [0.717, 1.165) is 12.0 Å². The van der Waals surface area contributed by atoms with Gasteiger partial charge in [0, 0.05) is 0 Å². The second kappa shape index (κ2) is 5.50. The van der Waals surface area contributed by atoms with Crippen LogP contribution in [0.15, 0.2) is 0 Å². The van der Waals surface area contributed by atoms with Gasteiger partial charge in [-0.05, 0) is 45.4 Å². The van der Waals surface area contributed by atoms with Crippen LogP contribution in [0, 0.1) is 5.92 Å². The predicted molar refractivity (Wildman–Crippen MR) is 66.7 cm³/mol. The SMILES string of the molecule is CCC1CCC([NH+]2C[C@@H](C)O[C@@H](C)C2)CC1. The highest BCUT2D eigenvalue weighted by Gasteiger charge is 2.33. The molecule has 16 heavy (non-hydrogen) atoms. The molecule has 1 unspecified atom stereocenters. The maximum atomic E-state index is 5.83. The van der Waals surface area contributed by atoms with Gasteiger partial charge in [-0.1, -0.05) is 13.3 Å². The third-order valence-electron chi connectivity index (χ3n) is 4.57. The molecule has 0 aromatic heterocycles. The summed E-state index contributed by atoms with van der Waals surface area (Å²) in [6.45, 7) is 9.26. The van der Waals surface area contributed by atoms with E-state index in [-0.39, 0.29) is 0 Å². The van der Waals surface area contributed by atoms with Crippen LogP contribution in [-0.2, 0) is 4.74 Å². The van der Waals surface area contributed by atoms with Crippen molar-refractivity contribution in [2.75, 3.05) is 13.1 Å². The Morgan fingerprint density at radius 1 is 1.00 bits per heavy atom. The second-order valence-corrected chi connectivity index (χ2v) is 5.95. The molecule has 2 fully saturated rings. The standard InChI is InChI=1S/C14H27NO/c1-4-13-5-7-14(8-6-13)15-9-11(2)16-12(3)10-15/h11-14H,4-10H2,1-3H3/p+1/t11-,12+,13?,14?. The fourth-order valence-corrected chi connectivity index (χ4v) is 3.63. The quantitative estimate of drug-likeness (QED) is 0.756. The maximum absolute atomic E-state index is 5.83. The molecule has 0 aromatic carbocycles. The summed E-state index contributed by atoms with van der Waals surface area (Å²) >= 11 is 0. The van der Waals surface area contributed by atoms with Crippen molar-refractivity contribution < 1.29 is 9.64 Å². The molecular weight excluding hydrogens is 198 g/mol. The summed E-state index contributed by atoms with van der Waals surface area (Å²) in [6, 6.07) is 0.927. The largest absolute Gasteiger partial charge is 0.364 e. The van der Waals surface area contributed by atoms with Crippen molar-refractivity contribution in [1.29, 1.82) is 0 Å². The Labute approximate surface area is 100 Å². The first-order valence-corrected chi connectivity index (χ1v) is 7.19. The van der Waals surface area contributed by atoms with E-state index in [2.05, 4.69) is 20.8 Å². The normalized spacial score (nSPS) is 45.6. The Bertz CT molecular complexity index is 201. The molecule has 1 heterocycles. The van der Waals surface area contributed by atoms with E-state index in [1.165, 1.54) is 45.2 Å². The zero-order valence-electron chi connectivity index (χ0n) is 11.2. The minimum absolute atomic E-state index is 0.461. The number of nitrogens with one attached hydrogen (secondary N) is 1. The number of hydrogen-bond acceptors (Lipinski definition) is 1. The topological polar surface area (TPSA) is 13.7 Å². The molecule has 0 amide bonds. The maximum Gasteiger partial charge on any atom is 0.104 e. The molecule has 2 aliphatic rings. The van der Waals surface area contributed by atoms with Gasteiger partial charge in [0.25, 0.3) is 0 Å². The smallest absolute Gasteiger partial charge is 0.104 e. The molecule has 1 saturated carbocycles. The van der Waals surface area contributed by atoms with Crippen LogP contribution in [0.2, 0.25) is 0 Å². The highest BCUT2D eigenvalue weighted by Crippen LogP contribution is 2.25. The number of morpholine rings is 1. The number of rotatable bonds is 2. The summed E-state index contributed by atoms with van der Waals surface area (Å²) in [7, 11) is 0. The van der Waals surface area contributed by atoms with Crippen LogP contribution in [0.25, 0.3) is 0 Å². The average Bonchev–Trinajstić information content (AvgIpc) is 2.28. The minimum Gasteiger partial charge on any atom is -0.364 e. The Morgan fingerprint density at radius 3 is 2.06 bits per heavy atom. The third kappa shape index (κ3) is 2.98. The summed E-state index contributed by atoms with van der Waals surface area (Å²) in [5.41, 5.74) is 0. The van der Waals surface area contributed by atoms with Gasteiger partial charge in [0.1, 0.15) is 25.3 Å². The van der Waals surface area contributed by atoms with Crippen molar-refractivity contribution in [3.63, 3.8) is 0 Å². The number of hydrogen-bond donors (Lipinski definition) is 1. The van der Waals surface area contributed by atoms with Crippen LogP contribution in [0.1, 0.15) is 52.9 Å². The van der Waals surface area contributed by atoms with E-state index < -0.39 is 0 Å². The summed E-state index contributed by atoms with van der Waals surface area (Å²) in [4.78, 5) is 1.82. The molecule has 2 nitrogen and oxygen atoms in total. The molecule has 0 spiro atoms. The van der Waals surface area contributed by atoms with E-state index in [1.54, 1.807) is 0 Å². The van der Waals surface area contributed by atoms with Gasteiger partial charge in [0.15, 0.2) is 0 Å². The van der Waals surface area contributed by atoms with Crippen molar-refractivity contribution in [3.8, 4) is 0 Å². The molecule has 1 N–H and O–H groups in total. The molecule has 0 bridgehead atoms. The Kier molecular flexibility index (Phi) is 4.26. The molecule has 2 heteroatoms. The van der Waals surface area contributed by atoms with Gasteiger partial charge < -0.3 is 9.64 Å². The van der Waals surface area contributed by atoms with E-state index in [0.29, 0.717) is 12.2 Å². The molecule has 1 aliphatic heterocycles. The molecular formula is C14H28NO+. The second-order valence-electron chi connectivity index (χ2n) is 5.95. The van der Waals surface area contributed by atoms with Crippen molar-refractivity contribution in [3.05, 3.63) is 0 Å². The van der Waals surface area contributed by atoms with E-state index >= 15 is 0 Å². The van der Waals surface area contributed by atoms with Gasteiger partial charge in [-0.2, -0.15) is 0 Å². The average molecular weight is 226 g/mol. The lowest BCUT2D eigenvalue weighted by atomic mass is 9.83. The molecule has 1 saturated heterocycles. The van der Waals surface area contributed by atoms with Crippen LogP contribution in [0.5, 0.6) is 0 Å². The first-order valence-electron chi connectivity index (χ1n) is 7.19. The molecule has 1 aliphatic carbocycles. The molecule has 0 radical (unpaired) electrons. The summed E-state index contributed by atoms with van der Waals surface area (Å²) < 4.78 is 5.83. The van der Waals surface area contributed by atoms with Gasteiger partial charge in [-0.15, -0.1) is 0 Å². The number of ether oxygens (including phenoxy) is 1. The van der Waals surface area contributed by atoms with Gasteiger partial charge in [-0.3, -0.25) is 0 Å². The van der Waals surface area contributed by atoms with Gasteiger partial charge >= 0.3 is 0 Å². The predicted octanol–water partition coefficient (Wildman–Crippen LogP) is 1.65. The molecule has 2 rings (SSSR count). The van der Waals surface area contributed by atoms with Gasteiger partial charge in [0.2, 0.25) is 0 Å². The lowest BCUT2D eigenvalue weighted by Crippen LogP contribution is -3.19. The first kappa shape index (κ1) is 12.4. The van der Waals surface area contributed by atoms with Crippen LogP contribution in [-0.4, -0.2) is 31.3 Å². The van der Waals surface area contributed by atoms with Gasteiger partial charge in [-0.25, -0.2) is 0 Å². The van der Waals surface area contributed by atoms with Crippen LogP contribution in [0.3, 0.4) is 0 Å². The minimum atomic E-state index is 0.461. The lowest BCUT2D eigenvalue weighted by Gasteiger charge is -2.40. The Balaban J connectivity index is 1.83. The molecule has 94 valence electrons. The van der Waals surface area contributed by atoms with Crippen molar-refractivity contribution in [1.82, 2.24) is 0 Å². The zero-order valence-corrected chi connectivity index (χ0v) is 11.2. The highest BCUT2D eigenvalue weighted by atomic mass is 16.5. The lowest BCUT2D eigenvalue weighted by molar-refractivity contribution is -0.940. The van der Waals surface area contributed by atoms with Crippen molar-refractivity contribution in [2.24, 2.45) is 5.92 Å². The van der Waals surface area contributed by atoms with Crippen molar-refractivity contribution >= 4 is 0 Å². The number of quaternary nitrogens is 1. The first-order chi connectivity index (χ1) is 7.69. The summed E-state index contributed by atoms with van der Waals surface area (Å²) in [5.74, 6) is 1.02. The fourth-order valence-electron chi connectivity index (χ4n) is 3.63. The summed E-state index contributed by atoms with van der Waals surface area (Å²) in [6.07, 6.45) is 8.14. The highest BCUT2D eigenvalue weighted by molar-refractivity contribution is 4.72. The Hall–Kier alpha value is -0.0800. The van der Waals surface area contributed by atoms with E-state index in [4.69, 9.17) is 4.74 Å². The monoisotopic (exact) mass is 226 g/mol. The van der Waals surface area contributed by atoms with E-state index in [9.17, 15) is 0 Å². The van der Waals surface area contributed by atoms with E-state index in [1.807, 2.05) is 4.90 Å².